The number of aromatic hydroxyl groups is 7. The molecule has 133 heavy (non-hydrogen) atoms. The lowest BCUT2D eigenvalue weighted by Crippen LogP contribution is -2.42. The molecular weight excluding hydrogens is 1670 g/mol. The van der Waals surface area contributed by atoms with E-state index in [0.717, 1.165) is 198 Å². The maximum Gasteiger partial charge on any atom is 0.115 e. The lowest BCUT2D eigenvalue weighted by Gasteiger charge is -2.40. The van der Waals surface area contributed by atoms with Crippen molar-refractivity contribution in [3.05, 3.63) is 209 Å². The minimum Gasteiger partial charge on any atom is -0.508 e. The first-order valence-corrected chi connectivity index (χ1v) is 38.7. The third-order valence-corrected chi connectivity index (χ3v) is 18.0. The Kier molecular flexibility index (Phi) is 14.0. The summed E-state index contributed by atoms with van der Waals surface area (Å²) >= 11 is 0. The zero-order valence-electron chi connectivity index (χ0n) is 176. The fraction of sp³-hybridized carbons (Fsp3) is 0.625. The van der Waals surface area contributed by atoms with Gasteiger partial charge in [-0.25, -0.2) is 0 Å². The smallest absolute Gasteiger partial charge is 0.115 e. The molecule has 0 bridgehead atoms. The van der Waals surface area contributed by atoms with Gasteiger partial charge in [-0.05, 0) is 311 Å². The minimum atomic E-state index is -4.43. The molecule has 742 valence electrons. The van der Waals surface area contributed by atoms with Crippen molar-refractivity contribution >= 4 is 0 Å². The summed E-state index contributed by atoms with van der Waals surface area (Å²) in [6.07, 6.45) is -139. The molecule has 14 rings (SSSR count). The van der Waals surface area contributed by atoms with Crippen molar-refractivity contribution < 1.29 is 214 Å². The number of rotatable bonds is 28. The number of nitrogens with zero attached hydrogens (tertiary/aromatic N) is 7. The highest BCUT2D eigenvalue weighted by molar-refractivity contribution is 5.37. The summed E-state index contributed by atoms with van der Waals surface area (Å²) in [5.74, 6) is -25.1. The van der Waals surface area contributed by atoms with Gasteiger partial charge < -0.3 is 106 Å². The van der Waals surface area contributed by atoms with Gasteiger partial charge in [0.1, 0.15) is 40.2 Å². The fourth-order valence-corrected chi connectivity index (χ4v) is 11.9. The number of hydrogen-bond donors (Lipinski definition) is 14. The first-order valence-electron chi connectivity index (χ1n) is 90.7. The number of hydrogen-bond acceptors (Lipinski definition) is 21. The third-order valence-electron chi connectivity index (χ3n) is 18.0. The molecule has 7 saturated carbocycles. The van der Waals surface area contributed by atoms with Gasteiger partial charge in [-0.2, -0.15) is 0 Å². The zero-order valence-corrected chi connectivity index (χ0v) is 71.8. The van der Waals surface area contributed by atoms with Crippen molar-refractivity contribution in [2.45, 2.75) is 304 Å². The van der Waals surface area contributed by atoms with E-state index in [9.17, 15) is 71.5 Å². The second kappa shape index (κ2) is 53.5. The molecule has 7 atom stereocenters. The predicted molar refractivity (Wildman–Crippen MR) is 542 cm³/mol. The Morgan fingerprint density at radius 3 is 0.609 bits per heavy atom. The molecule has 7 unspecified atom stereocenters. The van der Waals surface area contributed by atoms with Gasteiger partial charge in [0.25, 0.3) is 0 Å². The van der Waals surface area contributed by atoms with Gasteiger partial charge >= 0.3 is 0 Å². The summed E-state index contributed by atoms with van der Waals surface area (Å²) < 4.78 is 846. The summed E-state index contributed by atoms with van der Waals surface area (Å²) in [4.78, 5) is 1.48. The van der Waals surface area contributed by atoms with Crippen molar-refractivity contribution in [1.82, 2.24) is 34.3 Å². The molecule has 7 aliphatic carbocycles. The highest BCUT2D eigenvalue weighted by atomic mass is 16.3. The van der Waals surface area contributed by atoms with E-state index in [1.54, 1.807) is 0 Å². The van der Waals surface area contributed by atoms with Gasteiger partial charge in [0, 0.05) is 229 Å². The Morgan fingerprint density at radius 1 is 0.218 bits per heavy atom. The van der Waals surface area contributed by atoms with Gasteiger partial charge in [0.2, 0.25) is 0 Å². The summed E-state index contributed by atoms with van der Waals surface area (Å²) in [6, 6.07) is 25.6. The summed E-state index contributed by atoms with van der Waals surface area (Å²) in [5.41, 5.74) is -32.9. The number of aliphatic hydroxyl groups is 7. The van der Waals surface area contributed by atoms with Crippen LogP contribution in [0.25, 0.3) is 0 Å². The van der Waals surface area contributed by atoms with Crippen molar-refractivity contribution in [1.29, 1.82) is 0 Å². The molecule has 7 fully saturated rings. The van der Waals surface area contributed by atoms with Gasteiger partial charge in [0.05, 0.1) is 39.2 Å². The van der Waals surface area contributed by atoms with Crippen LogP contribution in [-0.2, 0) is 0 Å². The van der Waals surface area contributed by atoms with Gasteiger partial charge in [0.15, 0.2) is 0 Å². The van der Waals surface area contributed by atoms with Crippen LogP contribution in [0.4, 0.5) is 0 Å². The fourth-order valence-electron chi connectivity index (χ4n) is 11.9. The van der Waals surface area contributed by atoms with Crippen LogP contribution in [0.2, 0.25) is 0 Å². The molecule has 0 amide bonds. The molecule has 0 saturated heterocycles. The largest absolute Gasteiger partial charge is 0.508 e. The molecule has 7 aromatic rings. The van der Waals surface area contributed by atoms with E-state index < -0.39 is 454 Å². The van der Waals surface area contributed by atoms with Crippen molar-refractivity contribution in [2.24, 2.45) is 0 Å². The monoisotopic (exact) mass is 1950 g/mol. The van der Waals surface area contributed by atoms with E-state index >= 15 is 0 Å². The average Bonchev–Trinajstić information content (AvgIpc) is 0.631. The van der Waals surface area contributed by atoms with Crippen LogP contribution in [0.3, 0.4) is 0 Å². The molecule has 21 nitrogen and oxygen atoms in total. The second-order valence-electron chi connectivity index (χ2n) is 28.9. The minimum absolute atomic E-state index is 0.0794. The van der Waals surface area contributed by atoms with E-state index in [1.807, 2.05) is 0 Å². The maximum absolute atomic E-state index is 11.8. The Hall–Kier alpha value is -7.42. The Balaban J connectivity index is 0.000000326. The molecule has 0 radical (unpaired) electrons. The lowest BCUT2D eigenvalue weighted by atomic mass is 9.72. The van der Waals surface area contributed by atoms with Crippen molar-refractivity contribution in [3.8, 4) is 40.2 Å². The first kappa shape index (κ1) is 34.8. The molecule has 0 spiro atoms. The molecule has 0 aliphatic heterocycles. The molecule has 21 heteroatoms. The van der Waals surface area contributed by atoms with E-state index in [-0.39, 0.29) is 43.3 Å². The van der Waals surface area contributed by atoms with E-state index in [1.165, 1.54) is 19.0 Å². The molecule has 0 heterocycles. The number of benzene rings is 7. The summed E-state index contributed by atoms with van der Waals surface area (Å²) in [6.45, 7) is -42.1. The predicted octanol–water partition coefficient (Wildman–Crippen LogP) is 19.1. The highest BCUT2D eigenvalue weighted by Crippen LogP contribution is 2.48. The molecule has 7 aliphatic rings. The van der Waals surface area contributed by atoms with Crippen LogP contribution in [0.1, 0.15) is 446 Å². The number of likely N-dealkylation sites (N-methyl/N-ethyl adjacent to an activating group) is 7. The van der Waals surface area contributed by atoms with Crippen LogP contribution in [-0.4, -0.2) is 289 Å². The van der Waals surface area contributed by atoms with Crippen molar-refractivity contribution in [2.75, 3.05) is 144 Å². The van der Waals surface area contributed by atoms with Crippen LogP contribution < -0.4 is 0 Å². The van der Waals surface area contributed by atoms with Crippen molar-refractivity contribution in [3.63, 3.8) is 0 Å². The SMILES string of the molecule is [2H]C(CN(C)C)(c1ccc(O)cc1)C1(O)C([2H])([2H])C([2H])([2H])C([2H])([2H])C([2H])([2H])C1([2H])[2H].[2H]C([2H])(N(C)C)C([2H])(c1ccc(O)cc1)C1(O)C([2H])([2H])C([2H])([2H])C([2H])([2H])C([2H])([2H])C1([2H])[2H].[2H]C([2H])([2H])N(C([2H])([2H])[2H])C([2H])([2H])C(c1ccc(O)cc1)C1(O)C([2H])([2H])C([2H])([2H])C([2H])([2H])C([2H])([2H])C1([2H])[2H].[2H]C([2H])([2H])N(C)C([2H])([2H])C([2H])(c1ccc(O)cc1)C1(O)C([2H])([2H])C([2H])([2H])C([2H])([2H])C([2H])([2H])C1([2H])[2H].[2H]C([2H])([2H])N(C)C([2H])([2H])C(c1ccc(O)cc1)C1(O)C([2H])([2H])C([2H])([2H])C([2H])([2H])C([2H])([2H])C1([2H])[2H].[2H]C([2H])([2H])N(C)CC([2H])(c1ccc(O)cc1)C1(O)C([2H])([2H])C([2H])([2H])C([2H])([2H])C([2H])([2H])C1([2H])[2H].[2H]C([2H])([2H])N(CC([2H])(c1ccc(O)cc1)C1(O)C([2H])([2H])C([2H])([2H])C([2H])([2H])C([2H])([2H])C1([2H])[2H])C([2H])([2H])[2H]. The molecule has 0 aromatic heterocycles. The van der Waals surface area contributed by atoms with E-state index in [0.29, 0.717) is 16.8 Å². The molecule has 14 N–H and O–H groups in total. The zero-order chi connectivity index (χ0) is 189. The second-order valence-corrected chi connectivity index (χ2v) is 28.9. The van der Waals surface area contributed by atoms with Crippen LogP contribution in [0.15, 0.2) is 170 Å². The number of phenolic OH excluding ortho intramolecular Hbond substituents is 7. The summed E-state index contributed by atoms with van der Waals surface area (Å²) in [5, 5.41) is 150. The highest BCUT2D eigenvalue weighted by Gasteiger charge is 2.46. The standard InChI is InChI=1S/7C16H25NO2/c7*1-17(2)12-15(13-6-8-14(18)9-7-13)16(19)10-4-3-5-11-16/h7*6-9,15,18-19H,3-5,10-12H2,1-2H3/i1D3,3D2,4D2,5D2,10D2,11D2,12D2,15D;1D3,2D3,3D2,4D2,5D2,10D2,11D2,15D;1D3,2D3,3D2,4D2,5D2,10D2,11D2,12D2;3D2,4D2,5D2,10D2,11D2,12D2,15D;1D3,3D2,4D2,5D2,10D2,11D2,15D;1D3,3D2,4D2,5D2,10D2,11D2,12D2;3D2,4D2,5D2,10D2,11D2,15D. The first-order chi connectivity index (χ1) is 103. The van der Waals surface area contributed by atoms with Gasteiger partial charge in [-0.3, -0.25) is 0 Å². The van der Waals surface area contributed by atoms with Crippen LogP contribution in [0.5, 0.6) is 40.2 Å². The topological polar surface area (TPSA) is 306 Å². The molecule has 7 aromatic carbocycles. The van der Waals surface area contributed by atoms with E-state index in [2.05, 4.69) is 0 Å². The Labute approximate surface area is 946 Å². The maximum atomic E-state index is 11.8. The third kappa shape index (κ3) is 35.2. The lowest BCUT2D eigenvalue weighted by molar-refractivity contribution is -0.0280. The Morgan fingerprint density at radius 2 is 0.391 bits per heavy atom. The van der Waals surface area contributed by atoms with Crippen LogP contribution >= 0.6 is 0 Å². The average molecular weight is 1950 g/mol. The Bertz CT molecular complexity index is 9220. The quantitative estimate of drug-likeness (QED) is 0.0217. The summed E-state index contributed by atoms with van der Waals surface area (Å²) in [7, 11) is 7.42. The number of phenols is 7. The van der Waals surface area contributed by atoms with Gasteiger partial charge in [-0.15, -0.1) is 0 Å². The van der Waals surface area contributed by atoms with E-state index in [4.69, 9.17) is 143 Å². The van der Waals surface area contributed by atoms with Crippen LogP contribution in [0, 0.1) is 0 Å². The van der Waals surface area contributed by atoms with Gasteiger partial charge in [-0.1, -0.05) is 219 Å². The normalized spacial score (nSPS) is 47.5. The molecular formula is C112H175N7O14.